The van der Waals surface area contributed by atoms with Crippen molar-refractivity contribution in [3.05, 3.63) is 40.9 Å². The molecule has 0 saturated carbocycles. The molecule has 0 aliphatic rings. The van der Waals surface area contributed by atoms with Crippen LogP contribution in [0.4, 0.5) is 5.82 Å². The minimum atomic E-state index is 0.647. The molecule has 0 spiro atoms. The molecule has 0 radical (unpaired) electrons. The van der Waals surface area contributed by atoms with Gasteiger partial charge in [0.15, 0.2) is 0 Å². The summed E-state index contributed by atoms with van der Waals surface area (Å²) in [6.07, 6.45) is 1.90. The molecule has 0 aliphatic heterocycles. The van der Waals surface area contributed by atoms with Crippen LogP contribution in [0.2, 0.25) is 4.34 Å². The number of anilines is 1. The summed E-state index contributed by atoms with van der Waals surface area (Å²) in [4.78, 5) is 5.48. The lowest BCUT2D eigenvalue weighted by Gasteiger charge is -1.95. The van der Waals surface area contributed by atoms with Crippen molar-refractivity contribution >= 4 is 34.4 Å². The highest BCUT2D eigenvalue weighted by molar-refractivity contribution is 7.19. The second-order valence-electron chi connectivity index (χ2n) is 3.38. The lowest BCUT2D eigenvalue weighted by molar-refractivity contribution is 1.20. The summed E-state index contributed by atoms with van der Waals surface area (Å²) in [7, 11) is 0. The number of nitrogens with zero attached hydrogens (tertiary/aromatic N) is 2. The molecule has 0 unspecified atom stereocenters. The maximum Gasteiger partial charge on any atom is 0.139 e. The van der Waals surface area contributed by atoms with Crippen LogP contribution >= 0.6 is 22.9 Å². The first-order chi connectivity index (χ1) is 7.75. The molecular weight excluding hydrogens is 242 g/mol. The number of nitrogens with two attached hydrogens (primary N) is 1. The van der Waals surface area contributed by atoms with E-state index in [2.05, 4.69) is 4.98 Å². The van der Waals surface area contributed by atoms with Gasteiger partial charge < -0.3 is 5.73 Å². The summed E-state index contributed by atoms with van der Waals surface area (Å²) in [5.74, 6) is 0.647. The summed E-state index contributed by atoms with van der Waals surface area (Å²) in [5, 5.41) is 0. The van der Waals surface area contributed by atoms with Gasteiger partial charge in [-0.1, -0.05) is 17.7 Å². The van der Waals surface area contributed by atoms with E-state index in [1.165, 1.54) is 11.3 Å². The summed E-state index contributed by atoms with van der Waals surface area (Å²) >= 11 is 7.38. The largest absolute Gasteiger partial charge is 0.383 e. The molecule has 80 valence electrons. The number of nitrogen functional groups attached to an aromatic ring is 1. The zero-order valence-electron chi connectivity index (χ0n) is 8.22. The van der Waals surface area contributed by atoms with Crippen molar-refractivity contribution in [3.63, 3.8) is 0 Å². The van der Waals surface area contributed by atoms with E-state index in [1.807, 2.05) is 40.9 Å². The highest BCUT2D eigenvalue weighted by Gasteiger charge is 2.12. The van der Waals surface area contributed by atoms with Crippen LogP contribution in [0.5, 0.6) is 0 Å². The molecule has 0 amide bonds. The van der Waals surface area contributed by atoms with Gasteiger partial charge in [0.2, 0.25) is 0 Å². The minimum Gasteiger partial charge on any atom is -0.383 e. The fourth-order valence-corrected chi connectivity index (χ4v) is 2.68. The van der Waals surface area contributed by atoms with Gasteiger partial charge in [0.25, 0.3) is 0 Å². The van der Waals surface area contributed by atoms with E-state index >= 15 is 0 Å². The Morgan fingerprint density at radius 3 is 2.81 bits per heavy atom. The molecule has 0 saturated heterocycles. The molecule has 3 aromatic heterocycles. The zero-order chi connectivity index (χ0) is 11.1. The normalized spacial score (nSPS) is 11.1. The van der Waals surface area contributed by atoms with Crippen molar-refractivity contribution < 1.29 is 0 Å². The fraction of sp³-hybridized carbons (Fsp3) is 0. The lowest BCUT2D eigenvalue weighted by Crippen LogP contribution is -1.92. The first-order valence-electron chi connectivity index (χ1n) is 4.74. The summed E-state index contributed by atoms with van der Waals surface area (Å²) in [5.41, 5.74) is 7.69. The van der Waals surface area contributed by atoms with Gasteiger partial charge in [-0.05, 0) is 24.3 Å². The molecule has 3 rings (SSSR count). The third-order valence-corrected chi connectivity index (χ3v) is 3.61. The summed E-state index contributed by atoms with van der Waals surface area (Å²) in [6, 6.07) is 9.58. The quantitative estimate of drug-likeness (QED) is 0.719. The number of aromatic nitrogens is 2. The maximum atomic E-state index is 6.04. The molecule has 0 fully saturated rings. The van der Waals surface area contributed by atoms with Gasteiger partial charge in [-0.15, -0.1) is 11.3 Å². The van der Waals surface area contributed by atoms with Gasteiger partial charge in [0.1, 0.15) is 17.2 Å². The second-order valence-corrected chi connectivity index (χ2v) is 5.09. The smallest absolute Gasteiger partial charge is 0.139 e. The standard InChI is InChI=1S/C11H8ClN3S/c12-8-5-4-7(16-8)10-11(13)15-6-2-1-3-9(15)14-10/h1-6H,13H2. The average Bonchev–Trinajstić information content (AvgIpc) is 2.84. The van der Waals surface area contributed by atoms with E-state index in [4.69, 9.17) is 17.3 Å². The molecular formula is C11H8ClN3S. The van der Waals surface area contributed by atoms with Crippen LogP contribution in [0.15, 0.2) is 36.5 Å². The van der Waals surface area contributed by atoms with E-state index in [1.54, 1.807) is 0 Å². The Hall–Kier alpha value is -1.52. The van der Waals surface area contributed by atoms with Crippen molar-refractivity contribution in [3.8, 4) is 10.6 Å². The first kappa shape index (κ1) is 9.69. The third kappa shape index (κ3) is 1.38. The molecule has 0 bridgehead atoms. The van der Waals surface area contributed by atoms with Crippen molar-refractivity contribution in [2.75, 3.05) is 5.73 Å². The Bertz CT molecular complexity index is 656. The van der Waals surface area contributed by atoms with Gasteiger partial charge >= 0.3 is 0 Å². The Kier molecular flexibility index (Phi) is 2.12. The minimum absolute atomic E-state index is 0.647. The van der Waals surface area contributed by atoms with Crippen LogP contribution in [0, 0.1) is 0 Å². The van der Waals surface area contributed by atoms with E-state index in [0.717, 1.165) is 20.6 Å². The Morgan fingerprint density at radius 1 is 1.25 bits per heavy atom. The van der Waals surface area contributed by atoms with E-state index in [-0.39, 0.29) is 0 Å². The number of hydrogen-bond acceptors (Lipinski definition) is 3. The molecule has 5 heteroatoms. The van der Waals surface area contributed by atoms with Crippen LogP contribution < -0.4 is 5.73 Å². The molecule has 2 N–H and O–H groups in total. The van der Waals surface area contributed by atoms with Crippen molar-refractivity contribution in [2.45, 2.75) is 0 Å². The van der Waals surface area contributed by atoms with Crippen LogP contribution in [-0.4, -0.2) is 9.38 Å². The van der Waals surface area contributed by atoms with Gasteiger partial charge in [-0.3, -0.25) is 4.40 Å². The number of pyridine rings is 1. The fourth-order valence-electron chi connectivity index (χ4n) is 1.64. The molecule has 3 nitrogen and oxygen atoms in total. The Balaban J connectivity index is 2.28. The van der Waals surface area contributed by atoms with E-state index in [0.29, 0.717) is 5.82 Å². The predicted octanol–water partition coefficient (Wildman–Crippen LogP) is 3.30. The lowest BCUT2D eigenvalue weighted by atomic mass is 10.3. The van der Waals surface area contributed by atoms with E-state index < -0.39 is 0 Å². The molecule has 3 aromatic rings. The van der Waals surface area contributed by atoms with Crippen molar-refractivity contribution in [2.24, 2.45) is 0 Å². The predicted molar refractivity (Wildman–Crippen MR) is 67.9 cm³/mol. The SMILES string of the molecule is Nc1c(-c2ccc(Cl)s2)nc2ccccn12. The van der Waals surface area contributed by atoms with Crippen LogP contribution in [0.3, 0.4) is 0 Å². The summed E-state index contributed by atoms with van der Waals surface area (Å²) < 4.78 is 2.61. The van der Waals surface area contributed by atoms with Crippen molar-refractivity contribution in [1.29, 1.82) is 0 Å². The van der Waals surface area contributed by atoms with Gasteiger partial charge in [-0.25, -0.2) is 4.98 Å². The van der Waals surface area contributed by atoms with Gasteiger partial charge in [0, 0.05) is 6.20 Å². The van der Waals surface area contributed by atoms with Gasteiger partial charge in [0.05, 0.1) is 9.21 Å². The number of thiophene rings is 1. The number of fused-ring (bicyclic) bond motifs is 1. The number of halogens is 1. The Morgan fingerprint density at radius 2 is 2.12 bits per heavy atom. The van der Waals surface area contributed by atoms with Crippen LogP contribution in [-0.2, 0) is 0 Å². The topological polar surface area (TPSA) is 43.3 Å². The Labute approximate surface area is 101 Å². The van der Waals surface area contributed by atoms with Crippen LogP contribution in [0.25, 0.3) is 16.2 Å². The maximum absolute atomic E-state index is 6.04. The van der Waals surface area contributed by atoms with Gasteiger partial charge in [-0.2, -0.15) is 0 Å². The molecule has 0 aromatic carbocycles. The zero-order valence-corrected chi connectivity index (χ0v) is 9.79. The molecule has 0 aliphatic carbocycles. The molecule has 3 heterocycles. The molecule has 16 heavy (non-hydrogen) atoms. The second kappa shape index (κ2) is 3.50. The number of rotatable bonds is 1. The summed E-state index contributed by atoms with van der Waals surface area (Å²) in [6.45, 7) is 0. The number of hydrogen-bond donors (Lipinski definition) is 1. The highest BCUT2D eigenvalue weighted by Crippen LogP contribution is 2.34. The van der Waals surface area contributed by atoms with E-state index in [9.17, 15) is 0 Å². The van der Waals surface area contributed by atoms with Crippen LogP contribution in [0.1, 0.15) is 0 Å². The number of imidazole rings is 1. The molecule has 0 atom stereocenters. The third-order valence-electron chi connectivity index (χ3n) is 2.37. The average molecular weight is 250 g/mol. The monoisotopic (exact) mass is 249 g/mol. The highest BCUT2D eigenvalue weighted by atomic mass is 35.5. The van der Waals surface area contributed by atoms with Crippen molar-refractivity contribution in [1.82, 2.24) is 9.38 Å². The first-order valence-corrected chi connectivity index (χ1v) is 5.93.